The van der Waals surface area contributed by atoms with E-state index in [0.29, 0.717) is 12.2 Å². The number of Topliss-reactive ketones (excluding diaryl/α,β-unsaturated/α-hetero) is 1. The van der Waals surface area contributed by atoms with E-state index in [0.717, 1.165) is 19.6 Å². The van der Waals surface area contributed by atoms with E-state index in [4.69, 9.17) is 0 Å². The zero-order valence-electron chi connectivity index (χ0n) is 17.4. The van der Waals surface area contributed by atoms with Gasteiger partial charge in [0.05, 0.1) is 0 Å². The lowest BCUT2D eigenvalue weighted by atomic mass is 10.0. The molecule has 2 heterocycles. The molecular weight excluding hydrogens is 376 g/mol. The molecule has 1 amide bonds. The molecule has 4 rings (SSSR count). The summed E-state index contributed by atoms with van der Waals surface area (Å²) in [5, 5.41) is 4.10. The van der Waals surface area contributed by atoms with Crippen LogP contribution in [0.3, 0.4) is 0 Å². The summed E-state index contributed by atoms with van der Waals surface area (Å²) < 4.78 is 1.27. The van der Waals surface area contributed by atoms with Crippen LogP contribution in [0.1, 0.15) is 29.9 Å². The molecule has 3 aromatic rings. The van der Waals surface area contributed by atoms with Crippen LogP contribution in [0, 0.1) is 0 Å². The van der Waals surface area contributed by atoms with Crippen LogP contribution in [0.25, 0.3) is 11.1 Å². The maximum absolute atomic E-state index is 12.8. The van der Waals surface area contributed by atoms with Crippen LogP contribution in [0.4, 0.5) is 4.79 Å². The Bertz CT molecular complexity index is 1030. The lowest BCUT2D eigenvalue weighted by molar-refractivity contribution is 0.0965. The Labute approximate surface area is 176 Å². The van der Waals surface area contributed by atoms with Crippen molar-refractivity contribution >= 4 is 11.8 Å². The second kappa shape index (κ2) is 8.63. The molecule has 0 spiro atoms. The molecule has 0 aliphatic carbocycles. The van der Waals surface area contributed by atoms with Gasteiger partial charge < -0.3 is 4.90 Å². The Morgan fingerprint density at radius 3 is 2.30 bits per heavy atom. The summed E-state index contributed by atoms with van der Waals surface area (Å²) in [5.41, 5.74) is 4.01. The first kappa shape index (κ1) is 20.0. The van der Waals surface area contributed by atoms with Crippen LogP contribution in [-0.4, -0.2) is 57.1 Å². The van der Waals surface area contributed by atoms with E-state index in [1.807, 2.05) is 11.0 Å². The molecular formula is C24H26N4O2. The molecule has 154 valence electrons. The largest absolute Gasteiger partial charge is 0.344 e. The highest BCUT2D eigenvalue weighted by Gasteiger charge is 2.28. The number of aromatic nitrogens is 2. The highest BCUT2D eigenvalue weighted by Crippen LogP contribution is 2.21. The molecule has 0 saturated carbocycles. The maximum atomic E-state index is 12.8. The predicted octanol–water partition coefficient (Wildman–Crippen LogP) is 3.93. The third-order valence-electron chi connectivity index (χ3n) is 5.57. The molecule has 1 fully saturated rings. The first-order valence-electron chi connectivity index (χ1n) is 10.3. The fraction of sp³-hybridized carbons (Fsp3) is 0.292. The van der Waals surface area contributed by atoms with Crippen LogP contribution in [0.5, 0.6) is 0 Å². The molecule has 0 unspecified atom stereocenters. The minimum atomic E-state index is -0.179. The highest BCUT2D eigenvalue weighted by molar-refractivity contribution is 5.92. The van der Waals surface area contributed by atoms with Crippen molar-refractivity contribution in [2.45, 2.75) is 26.4 Å². The van der Waals surface area contributed by atoms with Crippen molar-refractivity contribution in [1.29, 1.82) is 0 Å². The Morgan fingerprint density at radius 2 is 1.67 bits per heavy atom. The van der Waals surface area contributed by atoms with E-state index in [1.165, 1.54) is 28.3 Å². The van der Waals surface area contributed by atoms with E-state index < -0.39 is 0 Å². The van der Waals surface area contributed by atoms with Crippen LogP contribution in [0.2, 0.25) is 0 Å². The van der Waals surface area contributed by atoms with Gasteiger partial charge in [-0.25, -0.2) is 4.79 Å². The third kappa shape index (κ3) is 4.33. The second-order valence-corrected chi connectivity index (χ2v) is 7.82. The predicted molar refractivity (Wildman–Crippen MR) is 116 cm³/mol. The number of piperazine rings is 1. The Balaban J connectivity index is 1.36. The quantitative estimate of drug-likeness (QED) is 0.621. The van der Waals surface area contributed by atoms with Gasteiger partial charge in [-0.3, -0.25) is 9.69 Å². The summed E-state index contributed by atoms with van der Waals surface area (Å²) in [4.78, 5) is 28.4. The molecule has 1 aliphatic heterocycles. The topological polar surface area (TPSA) is 58.4 Å². The van der Waals surface area contributed by atoms with Crippen molar-refractivity contribution < 1.29 is 9.59 Å². The summed E-state index contributed by atoms with van der Waals surface area (Å²) in [7, 11) is 0. The smallest absolute Gasteiger partial charge is 0.318 e. The zero-order valence-corrected chi connectivity index (χ0v) is 17.4. The van der Waals surface area contributed by atoms with Gasteiger partial charge in [0.15, 0.2) is 5.78 Å². The Kier molecular flexibility index (Phi) is 5.77. The maximum Gasteiger partial charge on any atom is 0.344 e. The lowest BCUT2D eigenvalue weighted by Crippen LogP contribution is -2.54. The Morgan fingerprint density at radius 1 is 0.967 bits per heavy atom. The summed E-state index contributed by atoms with van der Waals surface area (Å²) in [6.45, 7) is 6.60. The van der Waals surface area contributed by atoms with Crippen LogP contribution in [0.15, 0.2) is 66.9 Å². The monoisotopic (exact) mass is 402 g/mol. The Hall–Kier alpha value is -3.25. The fourth-order valence-corrected chi connectivity index (χ4v) is 3.90. The van der Waals surface area contributed by atoms with Gasteiger partial charge >= 0.3 is 6.03 Å². The van der Waals surface area contributed by atoms with Crippen molar-refractivity contribution in [3.63, 3.8) is 0 Å². The van der Waals surface area contributed by atoms with Crippen molar-refractivity contribution in [2.24, 2.45) is 0 Å². The van der Waals surface area contributed by atoms with E-state index in [-0.39, 0.29) is 17.9 Å². The number of hydrogen-bond donors (Lipinski definition) is 0. The van der Waals surface area contributed by atoms with E-state index in [9.17, 15) is 9.59 Å². The summed E-state index contributed by atoms with van der Waals surface area (Å²) >= 11 is 0. The van der Waals surface area contributed by atoms with Gasteiger partial charge in [-0.15, -0.1) is 0 Å². The van der Waals surface area contributed by atoms with Gasteiger partial charge in [-0.2, -0.15) is 9.78 Å². The molecule has 0 bridgehead atoms. The first-order chi connectivity index (χ1) is 14.5. The molecule has 0 N–H and O–H groups in total. The van der Waals surface area contributed by atoms with Gasteiger partial charge in [0.25, 0.3) is 0 Å². The molecule has 30 heavy (non-hydrogen) atoms. The normalized spacial score (nSPS) is 17.1. The van der Waals surface area contributed by atoms with Gasteiger partial charge in [0.2, 0.25) is 0 Å². The SMILES string of the molecule is CC(=O)c1ccn(C(=O)N2CCN(Cc3ccc(-c4ccccc4)cc3)C[C@@H]2C)n1. The van der Waals surface area contributed by atoms with E-state index in [2.05, 4.69) is 65.5 Å². The number of carbonyl (C=O) groups excluding carboxylic acids is 2. The molecule has 0 radical (unpaired) electrons. The second-order valence-electron chi connectivity index (χ2n) is 7.82. The van der Waals surface area contributed by atoms with E-state index in [1.54, 1.807) is 12.3 Å². The number of amides is 1. The van der Waals surface area contributed by atoms with Crippen LogP contribution < -0.4 is 0 Å². The number of rotatable bonds is 4. The summed E-state index contributed by atoms with van der Waals surface area (Å²) in [5.74, 6) is -0.141. The van der Waals surface area contributed by atoms with Crippen molar-refractivity contribution in [3.8, 4) is 11.1 Å². The van der Waals surface area contributed by atoms with Gasteiger partial charge in [-0.05, 0) is 29.7 Å². The minimum absolute atomic E-state index is 0.0693. The standard InChI is InChI=1S/C24H26N4O2/c1-18-16-26(14-15-27(18)24(30)28-13-12-23(25-28)19(2)29)17-20-8-10-22(11-9-20)21-6-4-3-5-7-21/h3-13,18H,14-17H2,1-2H3/t18-/m0/s1. The molecule has 1 saturated heterocycles. The average molecular weight is 402 g/mol. The molecule has 1 aliphatic rings. The fourth-order valence-electron chi connectivity index (χ4n) is 3.90. The average Bonchev–Trinajstić information content (AvgIpc) is 3.25. The highest BCUT2D eigenvalue weighted by atomic mass is 16.2. The number of benzene rings is 2. The van der Waals surface area contributed by atoms with Crippen LogP contribution in [-0.2, 0) is 6.54 Å². The van der Waals surface area contributed by atoms with Gasteiger partial charge in [0, 0.05) is 45.3 Å². The number of ketones is 1. The van der Waals surface area contributed by atoms with Crippen molar-refractivity contribution in [3.05, 3.63) is 78.1 Å². The minimum Gasteiger partial charge on any atom is -0.318 e. The third-order valence-corrected chi connectivity index (χ3v) is 5.57. The molecule has 6 heteroatoms. The lowest BCUT2D eigenvalue weighted by Gasteiger charge is -2.39. The first-order valence-corrected chi connectivity index (χ1v) is 10.3. The summed E-state index contributed by atoms with van der Waals surface area (Å²) in [6.07, 6.45) is 1.56. The molecule has 6 nitrogen and oxygen atoms in total. The zero-order chi connectivity index (χ0) is 21.1. The molecule has 2 aromatic carbocycles. The molecule has 1 aromatic heterocycles. The number of hydrogen-bond acceptors (Lipinski definition) is 4. The van der Waals surface area contributed by atoms with E-state index >= 15 is 0 Å². The number of carbonyl (C=O) groups is 2. The van der Waals surface area contributed by atoms with Crippen molar-refractivity contribution in [1.82, 2.24) is 19.6 Å². The number of nitrogens with zero attached hydrogens (tertiary/aromatic N) is 4. The van der Waals surface area contributed by atoms with Crippen molar-refractivity contribution in [2.75, 3.05) is 19.6 Å². The van der Waals surface area contributed by atoms with Gasteiger partial charge in [-0.1, -0.05) is 54.6 Å². The van der Waals surface area contributed by atoms with Crippen LogP contribution >= 0.6 is 0 Å². The van der Waals surface area contributed by atoms with Gasteiger partial charge in [0.1, 0.15) is 5.69 Å². The summed E-state index contributed by atoms with van der Waals surface area (Å²) in [6, 6.07) is 20.5. The molecule has 1 atom stereocenters.